The molecule has 0 spiro atoms. The van der Waals surface area contributed by atoms with Gasteiger partial charge in [0.15, 0.2) is 0 Å². The number of carbonyl (C=O) groups excluding carboxylic acids is 1. The maximum atomic E-state index is 10.2. The minimum absolute atomic E-state index is 0.400. The van der Waals surface area contributed by atoms with E-state index in [0.717, 1.165) is 0 Å². The summed E-state index contributed by atoms with van der Waals surface area (Å²) in [6, 6.07) is 0. The van der Waals surface area contributed by atoms with Crippen molar-refractivity contribution in [2.24, 2.45) is 17.6 Å². The third-order valence-electron chi connectivity index (χ3n) is 1.47. The Hall–Kier alpha value is -1.06. The summed E-state index contributed by atoms with van der Waals surface area (Å²) in [5, 5.41) is 8.26. The van der Waals surface area contributed by atoms with E-state index in [9.17, 15) is 9.59 Å². The van der Waals surface area contributed by atoms with Crippen molar-refractivity contribution in [3.05, 3.63) is 0 Å². The number of carboxylic acids is 1. The number of hydrogen-bond donors (Lipinski definition) is 2. The van der Waals surface area contributed by atoms with Crippen molar-refractivity contribution in [3.8, 4) is 0 Å². The number of carbonyl (C=O) groups is 2. The number of aliphatic carboxylic acids is 1. The Morgan fingerprint density at radius 2 is 2.00 bits per heavy atom. The van der Waals surface area contributed by atoms with Crippen LogP contribution < -0.4 is 5.73 Å². The van der Waals surface area contributed by atoms with Gasteiger partial charge in [-0.05, 0) is 6.42 Å². The molecule has 2 atom stereocenters. The van der Waals surface area contributed by atoms with Gasteiger partial charge in [0, 0.05) is 0 Å². The highest BCUT2D eigenvalue weighted by Gasteiger charge is 2.47. The Bertz CT molecular complexity index is 148. The molecule has 0 unspecified atom stereocenters. The average molecular weight is 129 g/mol. The summed E-state index contributed by atoms with van der Waals surface area (Å²) in [6.07, 6.45) is 0.421. The van der Waals surface area contributed by atoms with E-state index in [-0.39, 0.29) is 0 Å². The quantitative estimate of drug-likeness (QED) is 0.511. The number of primary amides is 1. The van der Waals surface area contributed by atoms with Gasteiger partial charge in [0.25, 0.3) is 0 Å². The first kappa shape index (κ1) is 6.07. The van der Waals surface area contributed by atoms with Crippen LogP contribution in [0.2, 0.25) is 0 Å². The standard InChI is InChI=1S/C5H7NO3/c6-4(7)2-1-3(2)5(8)9/h2-3H,1H2,(H2,6,7)(H,8,9)/t2-,3-/m1/s1. The monoisotopic (exact) mass is 129 g/mol. The molecule has 4 heteroatoms. The van der Waals surface area contributed by atoms with Gasteiger partial charge in [-0.2, -0.15) is 0 Å². The summed E-state index contributed by atoms with van der Waals surface area (Å²) >= 11 is 0. The van der Waals surface area contributed by atoms with Crippen molar-refractivity contribution >= 4 is 11.9 Å². The van der Waals surface area contributed by atoms with Gasteiger partial charge in [-0.25, -0.2) is 0 Å². The summed E-state index contributed by atoms with van der Waals surface area (Å²) in [7, 11) is 0. The van der Waals surface area contributed by atoms with Crippen molar-refractivity contribution in [2.75, 3.05) is 0 Å². The Kier molecular flexibility index (Phi) is 1.16. The SMILES string of the molecule is NC(=O)[C@@H]1C[C@H]1C(=O)O. The van der Waals surface area contributed by atoms with Crippen LogP contribution in [0.3, 0.4) is 0 Å². The van der Waals surface area contributed by atoms with Gasteiger partial charge in [0.1, 0.15) is 0 Å². The number of hydrogen-bond acceptors (Lipinski definition) is 2. The zero-order valence-electron chi connectivity index (χ0n) is 4.70. The van der Waals surface area contributed by atoms with Crippen LogP contribution >= 0.6 is 0 Å². The van der Waals surface area contributed by atoms with Crippen LogP contribution in [-0.2, 0) is 9.59 Å². The third kappa shape index (κ3) is 1.01. The first-order valence-corrected chi connectivity index (χ1v) is 2.65. The zero-order chi connectivity index (χ0) is 7.02. The molecule has 0 aromatic heterocycles. The fraction of sp³-hybridized carbons (Fsp3) is 0.600. The maximum Gasteiger partial charge on any atom is 0.307 e. The van der Waals surface area contributed by atoms with E-state index < -0.39 is 23.7 Å². The van der Waals surface area contributed by atoms with E-state index in [1.54, 1.807) is 0 Å². The van der Waals surface area contributed by atoms with Crippen LogP contribution in [0.25, 0.3) is 0 Å². The Morgan fingerprint density at radius 3 is 2.11 bits per heavy atom. The Morgan fingerprint density at radius 1 is 1.44 bits per heavy atom. The van der Waals surface area contributed by atoms with Gasteiger partial charge in [0.05, 0.1) is 11.8 Å². The normalized spacial score (nSPS) is 31.6. The van der Waals surface area contributed by atoms with Gasteiger partial charge in [0.2, 0.25) is 5.91 Å². The molecule has 0 aliphatic heterocycles. The number of amides is 1. The topological polar surface area (TPSA) is 80.4 Å². The van der Waals surface area contributed by atoms with Crippen molar-refractivity contribution in [2.45, 2.75) is 6.42 Å². The van der Waals surface area contributed by atoms with E-state index in [1.807, 2.05) is 0 Å². The molecule has 1 aliphatic carbocycles. The highest BCUT2D eigenvalue weighted by molar-refractivity contribution is 5.88. The summed E-state index contributed by atoms with van der Waals surface area (Å²) in [4.78, 5) is 20.3. The molecule has 1 saturated carbocycles. The lowest BCUT2D eigenvalue weighted by Gasteiger charge is -1.85. The van der Waals surface area contributed by atoms with Gasteiger partial charge in [-0.15, -0.1) is 0 Å². The molecule has 0 radical (unpaired) electrons. The first-order valence-electron chi connectivity index (χ1n) is 2.65. The number of carboxylic acid groups (broad SMARTS) is 1. The van der Waals surface area contributed by atoms with E-state index in [4.69, 9.17) is 10.8 Å². The number of rotatable bonds is 2. The first-order chi connectivity index (χ1) is 4.13. The molecule has 1 rings (SSSR count). The molecule has 0 bridgehead atoms. The van der Waals surface area contributed by atoms with Crippen LogP contribution in [0, 0.1) is 11.8 Å². The summed E-state index contributed by atoms with van der Waals surface area (Å²) < 4.78 is 0. The predicted molar refractivity (Wildman–Crippen MR) is 28.4 cm³/mol. The molecule has 1 aliphatic rings. The summed E-state index contributed by atoms with van der Waals surface area (Å²) in [5.74, 6) is -2.31. The molecule has 0 saturated heterocycles. The van der Waals surface area contributed by atoms with Gasteiger partial charge >= 0.3 is 5.97 Å². The lowest BCUT2D eigenvalue weighted by Crippen LogP contribution is -2.16. The van der Waals surface area contributed by atoms with Crippen molar-refractivity contribution in [1.29, 1.82) is 0 Å². The Labute approximate surface area is 51.7 Å². The summed E-state index contributed by atoms with van der Waals surface area (Å²) in [6.45, 7) is 0. The largest absolute Gasteiger partial charge is 0.481 e. The fourth-order valence-corrected chi connectivity index (χ4v) is 0.782. The number of nitrogens with two attached hydrogens (primary N) is 1. The highest BCUT2D eigenvalue weighted by atomic mass is 16.4. The summed E-state index contributed by atoms with van der Waals surface area (Å²) in [5.41, 5.74) is 4.82. The van der Waals surface area contributed by atoms with E-state index in [2.05, 4.69) is 0 Å². The highest BCUT2D eigenvalue weighted by Crippen LogP contribution is 2.37. The van der Waals surface area contributed by atoms with E-state index in [0.29, 0.717) is 6.42 Å². The molecule has 1 fully saturated rings. The van der Waals surface area contributed by atoms with Crippen molar-refractivity contribution in [3.63, 3.8) is 0 Å². The smallest absolute Gasteiger partial charge is 0.307 e. The molecule has 0 heterocycles. The third-order valence-corrected chi connectivity index (χ3v) is 1.47. The molecule has 50 valence electrons. The van der Waals surface area contributed by atoms with E-state index >= 15 is 0 Å². The minimum atomic E-state index is -0.918. The van der Waals surface area contributed by atoms with Crippen LogP contribution in [0.5, 0.6) is 0 Å². The molecule has 9 heavy (non-hydrogen) atoms. The lowest BCUT2D eigenvalue weighted by atomic mass is 10.3. The second-order valence-corrected chi connectivity index (χ2v) is 2.19. The van der Waals surface area contributed by atoms with Crippen LogP contribution in [0.1, 0.15) is 6.42 Å². The average Bonchev–Trinajstić information content (AvgIpc) is 2.39. The molecule has 1 amide bonds. The van der Waals surface area contributed by atoms with Gasteiger partial charge in [-0.3, -0.25) is 9.59 Å². The van der Waals surface area contributed by atoms with Crippen LogP contribution in [-0.4, -0.2) is 17.0 Å². The molecule has 0 aromatic carbocycles. The van der Waals surface area contributed by atoms with Crippen LogP contribution in [0.4, 0.5) is 0 Å². The maximum absolute atomic E-state index is 10.2. The minimum Gasteiger partial charge on any atom is -0.481 e. The second kappa shape index (κ2) is 1.72. The zero-order valence-corrected chi connectivity index (χ0v) is 4.70. The van der Waals surface area contributed by atoms with E-state index in [1.165, 1.54) is 0 Å². The van der Waals surface area contributed by atoms with Crippen molar-refractivity contribution < 1.29 is 14.7 Å². The molecule has 3 N–H and O–H groups in total. The second-order valence-electron chi connectivity index (χ2n) is 2.19. The molecular weight excluding hydrogens is 122 g/mol. The predicted octanol–water partition coefficient (Wildman–Crippen LogP) is -0.808. The fourth-order valence-electron chi connectivity index (χ4n) is 0.782. The molecule has 0 aromatic rings. The van der Waals surface area contributed by atoms with Crippen molar-refractivity contribution in [1.82, 2.24) is 0 Å². The van der Waals surface area contributed by atoms with Crippen LogP contribution in [0.15, 0.2) is 0 Å². The molecular formula is C5H7NO3. The van der Waals surface area contributed by atoms with Gasteiger partial charge in [-0.1, -0.05) is 0 Å². The Balaban J connectivity index is 2.42. The lowest BCUT2D eigenvalue weighted by molar-refractivity contribution is -0.139. The van der Waals surface area contributed by atoms with Gasteiger partial charge < -0.3 is 10.8 Å². The molecule has 4 nitrogen and oxygen atoms in total.